The van der Waals surface area contributed by atoms with Crippen LogP contribution in [0.1, 0.15) is 16.3 Å². The molecule has 0 amide bonds. The fraction of sp³-hybridized carbons (Fsp3) is 0.118. The van der Waals surface area contributed by atoms with E-state index in [1.54, 1.807) is 18.4 Å². The van der Waals surface area contributed by atoms with Crippen molar-refractivity contribution in [2.24, 2.45) is 0 Å². The second-order valence-corrected chi connectivity index (χ2v) is 6.05. The maximum absolute atomic E-state index is 12.3. The first-order chi connectivity index (χ1) is 11.7. The Kier molecular flexibility index (Phi) is 3.70. The van der Waals surface area contributed by atoms with Crippen molar-refractivity contribution >= 4 is 28.5 Å². The molecule has 0 saturated carbocycles. The molecule has 0 radical (unpaired) electrons. The molecule has 0 bridgehead atoms. The number of ketones is 1. The topological polar surface area (TPSA) is 82.3 Å². The average molecular weight is 340 g/mol. The van der Waals surface area contributed by atoms with Gasteiger partial charge in [0.1, 0.15) is 11.3 Å². The number of rotatable bonds is 5. The van der Waals surface area contributed by atoms with Gasteiger partial charge in [0, 0.05) is 5.39 Å². The lowest BCUT2D eigenvalue weighted by atomic mass is 10.2. The van der Waals surface area contributed by atoms with Gasteiger partial charge in [-0.25, -0.2) is 0 Å². The molecule has 24 heavy (non-hydrogen) atoms. The molecule has 0 spiro atoms. The summed E-state index contributed by atoms with van der Waals surface area (Å²) in [7, 11) is 0. The summed E-state index contributed by atoms with van der Waals surface area (Å²) in [6, 6.07) is 11.0. The molecular weight excluding hydrogens is 328 g/mol. The van der Waals surface area contributed by atoms with Crippen LogP contribution in [0.2, 0.25) is 0 Å². The molecule has 0 unspecified atom stereocenters. The van der Waals surface area contributed by atoms with E-state index < -0.39 is 0 Å². The highest BCUT2D eigenvalue weighted by atomic mass is 32.2. The molecule has 0 aliphatic rings. The van der Waals surface area contributed by atoms with E-state index in [9.17, 15) is 4.79 Å². The zero-order valence-corrected chi connectivity index (χ0v) is 13.5. The minimum Gasteiger partial charge on any atom is -0.469 e. The Morgan fingerprint density at radius 3 is 2.83 bits per heavy atom. The second kappa shape index (κ2) is 6.01. The van der Waals surface area contributed by atoms with Gasteiger partial charge in [0.15, 0.2) is 5.76 Å². The molecule has 0 fully saturated rings. The van der Waals surface area contributed by atoms with Crippen LogP contribution in [-0.2, 0) is 0 Å². The van der Waals surface area contributed by atoms with Crippen molar-refractivity contribution in [1.82, 2.24) is 10.2 Å². The smallest absolute Gasteiger partial charge is 0.277 e. The van der Waals surface area contributed by atoms with Crippen molar-refractivity contribution in [3.05, 3.63) is 54.2 Å². The fourth-order valence-electron chi connectivity index (χ4n) is 2.30. The number of nitrogens with zero attached hydrogens (tertiary/aromatic N) is 2. The van der Waals surface area contributed by atoms with Crippen LogP contribution in [0.25, 0.3) is 22.4 Å². The molecule has 0 atom stereocenters. The van der Waals surface area contributed by atoms with Gasteiger partial charge in [-0.05, 0) is 25.1 Å². The molecule has 0 N–H and O–H groups in total. The molecule has 0 aliphatic carbocycles. The van der Waals surface area contributed by atoms with E-state index in [2.05, 4.69) is 10.2 Å². The Labute approximate surface area is 140 Å². The lowest BCUT2D eigenvalue weighted by Gasteiger charge is -1.94. The third-order valence-corrected chi connectivity index (χ3v) is 4.34. The first kappa shape index (κ1) is 14.8. The summed E-state index contributed by atoms with van der Waals surface area (Å²) >= 11 is 1.18. The Hall–Kier alpha value is -2.80. The van der Waals surface area contributed by atoms with Crippen LogP contribution in [0.15, 0.2) is 61.1 Å². The minimum absolute atomic E-state index is 0.129. The van der Waals surface area contributed by atoms with Gasteiger partial charge in [0.05, 0.1) is 17.6 Å². The van der Waals surface area contributed by atoms with E-state index in [-0.39, 0.29) is 11.5 Å². The summed E-state index contributed by atoms with van der Waals surface area (Å²) in [5.74, 6) is 1.43. The van der Waals surface area contributed by atoms with Gasteiger partial charge in [-0.3, -0.25) is 4.79 Å². The van der Waals surface area contributed by atoms with Crippen molar-refractivity contribution in [2.75, 3.05) is 5.75 Å². The van der Waals surface area contributed by atoms with Crippen LogP contribution in [0.5, 0.6) is 0 Å². The van der Waals surface area contributed by atoms with Gasteiger partial charge >= 0.3 is 0 Å². The van der Waals surface area contributed by atoms with Crippen LogP contribution < -0.4 is 0 Å². The van der Waals surface area contributed by atoms with Gasteiger partial charge < -0.3 is 13.3 Å². The molecule has 120 valence electrons. The third kappa shape index (κ3) is 2.74. The number of hydrogen-bond acceptors (Lipinski definition) is 7. The number of carbonyl (C=O) groups is 1. The number of carbonyl (C=O) groups excluding carboxylic acids is 1. The highest BCUT2D eigenvalue weighted by Gasteiger charge is 2.17. The van der Waals surface area contributed by atoms with Crippen molar-refractivity contribution in [3.8, 4) is 11.5 Å². The van der Waals surface area contributed by atoms with Crippen molar-refractivity contribution in [3.63, 3.8) is 0 Å². The molecule has 4 rings (SSSR count). The molecule has 3 heterocycles. The van der Waals surface area contributed by atoms with Crippen molar-refractivity contribution < 1.29 is 18.0 Å². The average Bonchev–Trinajstić information content (AvgIpc) is 3.31. The Balaban J connectivity index is 1.46. The van der Waals surface area contributed by atoms with E-state index in [1.165, 1.54) is 11.8 Å². The van der Waals surface area contributed by atoms with Gasteiger partial charge in [-0.1, -0.05) is 30.0 Å². The highest BCUT2D eigenvalue weighted by Crippen LogP contribution is 2.27. The predicted molar refractivity (Wildman–Crippen MR) is 88.0 cm³/mol. The quantitative estimate of drug-likeness (QED) is 0.394. The number of aryl methyl sites for hydroxylation is 1. The standard InChI is InChI=1S/C17H12N2O4S/c1-10-12(6-7-21-10)16-18-19-17(23-16)24-9-13(20)15-8-11-4-2-3-5-14(11)22-15/h2-8H,9H2,1H3. The molecule has 3 aromatic heterocycles. The Morgan fingerprint density at radius 2 is 2.04 bits per heavy atom. The Bertz CT molecular complexity index is 981. The van der Waals surface area contributed by atoms with E-state index in [4.69, 9.17) is 13.3 Å². The summed E-state index contributed by atoms with van der Waals surface area (Å²) in [5.41, 5.74) is 1.44. The van der Waals surface area contributed by atoms with Crippen molar-refractivity contribution in [1.29, 1.82) is 0 Å². The van der Waals surface area contributed by atoms with Gasteiger partial charge in [-0.15, -0.1) is 10.2 Å². The number of furan rings is 2. The maximum atomic E-state index is 12.3. The summed E-state index contributed by atoms with van der Waals surface area (Å²) in [6.45, 7) is 1.82. The molecule has 4 aromatic rings. The van der Waals surface area contributed by atoms with E-state index in [0.29, 0.717) is 28.2 Å². The predicted octanol–water partition coefficient (Wildman–Crippen LogP) is 4.36. The van der Waals surface area contributed by atoms with E-state index in [0.717, 1.165) is 10.9 Å². The lowest BCUT2D eigenvalue weighted by Crippen LogP contribution is -2.00. The third-order valence-electron chi connectivity index (χ3n) is 3.52. The molecule has 0 saturated heterocycles. The maximum Gasteiger partial charge on any atom is 0.277 e. The van der Waals surface area contributed by atoms with Crippen LogP contribution >= 0.6 is 11.8 Å². The monoisotopic (exact) mass is 340 g/mol. The highest BCUT2D eigenvalue weighted by molar-refractivity contribution is 7.99. The number of aromatic nitrogens is 2. The molecule has 1 aromatic carbocycles. The SMILES string of the molecule is Cc1occc1-c1nnc(SCC(=O)c2cc3ccccc3o2)o1. The largest absolute Gasteiger partial charge is 0.469 e. The first-order valence-corrected chi connectivity index (χ1v) is 8.22. The van der Waals surface area contributed by atoms with Crippen LogP contribution in [-0.4, -0.2) is 21.7 Å². The number of benzene rings is 1. The second-order valence-electron chi connectivity index (χ2n) is 5.12. The fourth-order valence-corrected chi connectivity index (χ4v) is 2.93. The zero-order chi connectivity index (χ0) is 16.5. The zero-order valence-electron chi connectivity index (χ0n) is 12.7. The molecule has 7 heteroatoms. The Morgan fingerprint density at radius 1 is 1.17 bits per heavy atom. The van der Waals surface area contributed by atoms with Crippen LogP contribution in [0.4, 0.5) is 0 Å². The summed E-state index contributed by atoms with van der Waals surface area (Å²) in [5, 5.41) is 9.15. The van der Waals surface area contributed by atoms with Crippen LogP contribution in [0.3, 0.4) is 0 Å². The van der Waals surface area contributed by atoms with Gasteiger partial charge in [0.25, 0.3) is 11.1 Å². The minimum atomic E-state index is -0.129. The molecule has 0 aliphatic heterocycles. The number of thioether (sulfide) groups is 1. The normalized spacial score (nSPS) is 11.2. The number of Topliss-reactive ketones (excluding diaryl/α,β-unsaturated/α-hetero) is 1. The molecular formula is C17H12N2O4S. The molecule has 6 nitrogen and oxygen atoms in total. The number of fused-ring (bicyclic) bond motifs is 1. The summed E-state index contributed by atoms with van der Waals surface area (Å²) in [6.07, 6.45) is 1.56. The van der Waals surface area contributed by atoms with E-state index in [1.807, 2.05) is 31.2 Å². The summed E-state index contributed by atoms with van der Waals surface area (Å²) in [4.78, 5) is 12.3. The van der Waals surface area contributed by atoms with Gasteiger partial charge in [-0.2, -0.15) is 0 Å². The van der Waals surface area contributed by atoms with Crippen molar-refractivity contribution in [2.45, 2.75) is 12.1 Å². The number of para-hydroxylation sites is 1. The first-order valence-electron chi connectivity index (χ1n) is 7.23. The van der Waals surface area contributed by atoms with E-state index >= 15 is 0 Å². The van der Waals surface area contributed by atoms with Gasteiger partial charge in [0.2, 0.25) is 5.78 Å². The summed E-state index contributed by atoms with van der Waals surface area (Å²) < 4.78 is 16.3. The number of hydrogen-bond donors (Lipinski definition) is 0. The lowest BCUT2D eigenvalue weighted by molar-refractivity contribution is 0.0994. The van der Waals surface area contributed by atoms with Crippen LogP contribution in [0, 0.1) is 6.92 Å².